The average molecular weight is 347 g/mol. The summed E-state index contributed by atoms with van der Waals surface area (Å²) in [5.41, 5.74) is 1.30. The van der Waals surface area contributed by atoms with Gasteiger partial charge >= 0.3 is 0 Å². The normalized spacial score (nSPS) is 9.80. The number of thioether (sulfide) groups is 1. The number of carbonyl (C=O) groups is 1. The van der Waals surface area contributed by atoms with E-state index in [0.717, 1.165) is 15.1 Å². The molecule has 1 N–H and O–H groups in total. The molecule has 20 heavy (non-hydrogen) atoms. The van der Waals surface area contributed by atoms with Crippen LogP contribution in [-0.2, 0) is 0 Å². The zero-order chi connectivity index (χ0) is 14.4. The number of anilines is 1. The van der Waals surface area contributed by atoms with Gasteiger partial charge in [0, 0.05) is 15.1 Å². The largest absolute Gasteiger partial charge is 0.322 e. The van der Waals surface area contributed by atoms with E-state index in [2.05, 4.69) is 27.3 Å². The van der Waals surface area contributed by atoms with Crippen molar-refractivity contribution in [2.45, 2.75) is 4.90 Å². The predicted molar refractivity (Wildman–Crippen MR) is 84.9 cm³/mol. The first-order valence-electron chi connectivity index (χ1n) is 5.86. The van der Waals surface area contributed by atoms with Gasteiger partial charge in [0.2, 0.25) is 0 Å². The lowest BCUT2D eigenvalue weighted by Gasteiger charge is -2.09. The molecule has 0 spiro atoms. The highest BCUT2D eigenvalue weighted by Crippen LogP contribution is 2.23. The fourth-order valence-electron chi connectivity index (χ4n) is 1.65. The van der Waals surface area contributed by atoms with Crippen molar-refractivity contribution in [3.8, 4) is 6.07 Å². The van der Waals surface area contributed by atoms with Crippen LogP contribution in [0.5, 0.6) is 0 Å². The number of amides is 1. The number of hydrogen-bond donors (Lipinski definition) is 1. The summed E-state index contributed by atoms with van der Waals surface area (Å²) in [7, 11) is 0. The Labute approximate surface area is 130 Å². The van der Waals surface area contributed by atoms with Crippen molar-refractivity contribution in [2.24, 2.45) is 0 Å². The van der Waals surface area contributed by atoms with Crippen LogP contribution in [0.2, 0.25) is 0 Å². The van der Waals surface area contributed by atoms with Crippen molar-refractivity contribution < 1.29 is 4.79 Å². The number of nitriles is 1. The Morgan fingerprint density at radius 2 is 2.05 bits per heavy atom. The van der Waals surface area contributed by atoms with Gasteiger partial charge < -0.3 is 5.32 Å². The van der Waals surface area contributed by atoms with Crippen LogP contribution in [-0.4, -0.2) is 11.7 Å². The van der Waals surface area contributed by atoms with Gasteiger partial charge in [-0.3, -0.25) is 4.79 Å². The number of hydrogen-bond acceptors (Lipinski definition) is 3. The zero-order valence-corrected chi connectivity index (χ0v) is 12.9. The van der Waals surface area contributed by atoms with E-state index in [0.29, 0.717) is 11.3 Å². The van der Waals surface area contributed by atoms with Crippen molar-refractivity contribution in [3.05, 3.63) is 58.6 Å². The Hall–Kier alpha value is -1.77. The van der Waals surface area contributed by atoms with Gasteiger partial charge in [-0.15, -0.1) is 11.8 Å². The Kier molecular flexibility index (Phi) is 5.22. The van der Waals surface area contributed by atoms with Crippen molar-refractivity contribution in [1.29, 1.82) is 5.26 Å². The molecule has 0 aromatic heterocycles. The molecular formula is C15H11BrN2OS. The minimum Gasteiger partial charge on any atom is -0.322 e. The molecule has 0 aliphatic heterocycles. The molecule has 3 nitrogen and oxygen atoms in total. The van der Waals surface area contributed by atoms with Crippen LogP contribution in [0.25, 0.3) is 0 Å². The molecule has 0 heterocycles. The summed E-state index contributed by atoms with van der Waals surface area (Å²) in [6.45, 7) is 0. The van der Waals surface area contributed by atoms with Gasteiger partial charge in [-0.2, -0.15) is 5.26 Å². The molecule has 0 saturated heterocycles. The lowest BCUT2D eigenvalue weighted by molar-refractivity contribution is 0.102. The third-order valence-corrected chi connectivity index (χ3v) is 3.94. The molecule has 0 aliphatic carbocycles. The van der Waals surface area contributed by atoms with Crippen LogP contribution in [0.15, 0.2) is 57.9 Å². The molecule has 0 saturated carbocycles. The number of nitrogens with one attached hydrogen (secondary N) is 1. The smallest absolute Gasteiger partial charge is 0.256 e. The maximum atomic E-state index is 12.3. The molecule has 100 valence electrons. The highest BCUT2D eigenvalue weighted by molar-refractivity contribution is 9.10. The Morgan fingerprint density at radius 1 is 1.25 bits per heavy atom. The monoisotopic (exact) mass is 346 g/mol. The van der Waals surface area contributed by atoms with Gasteiger partial charge in [0.05, 0.1) is 17.4 Å². The van der Waals surface area contributed by atoms with Gasteiger partial charge in [-0.1, -0.05) is 34.1 Å². The molecule has 0 aliphatic rings. The van der Waals surface area contributed by atoms with E-state index in [9.17, 15) is 4.79 Å². The zero-order valence-electron chi connectivity index (χ0n) is 10.5. The molecule has 5 heteroatoms. The van der Waals surface area contributed by atoms with Crippen molar-refractivity contribution >= 4 is 39.3 Å². The van der Waals surface area contributed by atoms with Crippen molar-refractivity contribution in [2.75, 3.05) is 11.1 Å². The minimum atomic E-state index is -0.177. The molecule has 2 aromatic rings. The predicted octanol–water partition coefficient (Wildman–Crippen LogP) is 4.32. The summed E-state index contributed by atoms with van der Waals surface area (Å²) in [5.74, 6) is 0.144. The Morgan fingerprint density at radius 3 is 2.80 bits per heavy atom. The summed E-state index contributed by atoms with van der Waals surface area (Å²) in [6, 6.07) is 16.8. The van der Waals surface area contributed by atoms with Crippen LogP contribution in [0, 0.1) is 11.3 Å². The summed E-state index contributed by atoms with van der Waals surface area (Å²) >= 11 is 4.72. The first kappa shape index (κ1) is 14.6. The third kappa shape index (κ3) is 3.86. The summed E-state index contributed by atoms with van der Waals surface area (Å²) < 4.78 is 0.905. The van der Waals surface area contributed by atoms with Crippen LogP contribution >= 0.6 is 27.7 Å². The molecule has 0 bridgehead atoms. The van der Waals surface area contributed by atoms with E-state index < -0.39 is 0 Å². The van der Waals surface area contributed by atoms with Gasteiger partial charge in [-0.05, 0) is 30.3 Å². The standard InChI is InChI=1S/C15H11BrN2OS/c16-11-4-3-5-12(10-11)18-15(19)13-6-1-2-7-14(13)20-9-8-17/h1-7,10H,9H2,(H,18,19). The van der Waals surface area contributed by atoms with Crippen molar-refractivity contribution in [3.63, 3.8) is 0 Å². The van der Waals surface area contributed by atoms with Gasteiger partial charge in [0.1, 0.15) is 0 Å². The fourth-order valence-corrected chi connectivity index (χ4v) is 2.77. The average Bonchev–Trinajstić information content (AvgIpc) is 2.45. The fraction of sp³-hybridized carbons (Fsp3) is 0.0667. The van der Waals surface area contributed by atoms with E-state index in [-0.39, 0.29) is 5.91 Å². The van der Waals surface area contributed by atoms with Gasteiger partial charge in [0.25, 0.3) is 5.91 Å². The molecule has 2 rings (SSSR count). The van der Waals surface area contributed by atoms with E-state index in [1.807, 2.05) is 42.5 Å². The highest BCUT2D eigenvalue weighted by atomic mass is 79.9. The van der Waals surface area contributed by atoms with Crippen LogP contribution in [0.4, 0.5) is 5.69 Å². The van der Waals surface area contributed by atoms with Crippen LogP contribution in [0.1, 0.15) is 10.4 Å². The second-order valence-corrected chi connectivity index (χ2v) is 5.84. The summed E-state index contributed by atoms with van der Waals surface area (Å²) in [6.07, 6.45) is 0. The Balaban J connectivity index is 2.19. The lowest BCUT2D eigenvalue weighted by atomic mass is 10.2. The lowest BCUT2D eigenvalue weighted by Crippen LogP contribution is -2.12. The number of halogens is 1. The quantitative estimate of drug-likeness (QED) is 0.838. The SMILES string of the molecule is N#CCSc1ccccc1C(=O)Nc1cccc(Br)c1. The van der Waals surface area contributed by atoms with Gasteiger partial charge in [0.15, 0.2) is 0 Å². The number of benzene rings is 2. The second-order valence-electron chi connectivity index (χ2n) is 3.91. The van der Waals surface area contributed by atoms with E-state index in [1.165, 1.54) is 11.8 Å². The second kappa shape index (κ2) is 7.13. The molecular weight excluding hydrogens is 336 g/mol. The summed E-state index contributed by atoms with van der Waals surface area (Å²) in [4.78, 5) is 13.1. The highest BCUT2D eigenvalue weighted by Gasteiger charge is 2.11. The first-order chi connectivity index (χ1) is 9.70. The molecule has 1 amide bonds. The molecule has 0 radical (unpaired) electrons. The number of nitrogens with zero attached hydrogens (tertiary/aromatic N) is 1. The molecule has 2 aromatic carbocycles. The maximum Gasteiger partial charge on any atom is 0.256 e. The summed E-state index contributed by atoms with van der Waals surface area (Å²) in [5, 5.41) is 11.5. The molecule has 0 unspecified atom stereocenters. The third-order valence-electron chi connectivity index (χ3n) is 2.51. The topological polar surface area (TPSA) is 52.9 Å². The van der Waals surface area contributed by atoms with Gasteiger partial charge in [-0.25, -0.2) is 0 Å². The minimum absolute atomic E-state index is 0.177. The van der Waals surface area contributed by atoms with E-state index in [4.69, 9.17) is 5.26 Å². The number of rotatable bonds is 4. The van der Waals surface area contributed by atoms with Crippen LogP contribution in [0.3, 0.4) is 0 Å². The van der Waals surface area contributed by atoms with Crippen molar-refractivity contribution in [1.82, 2.24) is 0 Å². The van der Waals surface area contributed by atoms with E-state index in [1.54, 1.807) is 6.07 Å². The molecule has 0 atom stereocenters. The number of carbonyl (C=O) groups excluding carboxylic acids is 1. The first-order valence-corrected chi connectivity index (χ1v) is 7.64. The van der Waals surface area contributed by atoms with E-state index >= 15 is 0 Å². The Bertz CT molecular complexity index is 667. The molecule has 0 fully saturated rings. The maximum absolute atomic E-state index is 12.3. The van der Waals surface area contributed by atoms with Crippen LogP contribution < -0.4 is 5.32 Å².